The monoisotopic (exact) mass is 240 g/mol. The topological polar surface area (TPSA) is 24.5 Å². The fourth-order valence-corrected chi connectivity index (χ4v) is 3.32. The Morgan fingerprint density at radius 1 is 1.35 bits per heavy atom. The van der Waals surface area contributed by atoms with Crippen LogP contribution in [0, 0.1) is 5.92 Å². The van der Waals surface area contributed by atoms with E-state index in [1.807, 2.05) is 0 Å². The van der Waals surface area contributed by atoms with E-state index in [0.717, 1.165) is 19.1 Å². The quantitative estimate of drug-likeness (QED) is 0.812. The van der Waals surface area contributed by atoms with Crippen molar-refractivity contribution in [1.29, 1.82) is 0 Å². The average molecular weight is 240 g/mol. The van der Waals surface area contributed by atoms with Gasteiger partial charge in [0.25, 0.3) is 0 Å². The van der Waals surface area contributed by atoms with E-state index < -0.39 is 0 Å². The minimum absolute atomic E-state index is 0.493. The van der Waals surface area contributed by atoms with E-state index in [9.17, 15) is 0 Å². The van der Waals surface area contributed by atoms with Gasteiger partial charge in [0.05, 0.1) is 6.10 Å². The molecule has 0 aliphatic carbocycles. The molecule has 0 radical (unpaired) electrons. The van der Waals surface area contributed by atoms with Gasteiger partial charge in [0, 0.05) is 25.7 Å². The first kappa shape index (κ1) is 13.3. The van der Waals surface area contributed by atoms with Crippen molar-refractivity contribution in [3.63, 3.8) is 0 Å². The summed E-state index contributed by atoms with van der Waals surface area (Å²) in [5.41, 5.74) is 0. The summed E-state index contributed by atoms with van der Waals surface area (Å²) in [5.74, 6) is 0.895. The number of nitrogens with zero attached hydrogens (tertiary/aromatic N) is 1. The summed E-state index contributed by atoms with van der Waals surface area (Å²) in [6.45, 7) is 10.2. The Morgan fingerprint density at radius 3 is 3.00 bits per heavy atom. The Labute approximate surface area is 106 Å². The van der Waals surface area contributed by atoms with Crippen LogP contribution in [0.5, 0.6) is 0 Å². The fourth-order valence-electron chi connectivity index (χ4n) is 3.32. The van der Waals surface area contributed by atoms with Crippen LogP contribution in [-0.4, -0.2) is 49.8 Å². The van der Waals surface area contributed by atoms with Crippen molar-refractivity contribution in [2.24, 2.45) is 5.92 Å². The average Bonchev–Trinajstić information content (AvgIpc) is 2.30. The van der Waals surface area contributed by atoms with Gasteiger partial charge in [-0.1, -0.05) is 0 Å². The van der Waals surface area contributed by atoms with Gasteiger partial charge in [-0.05, 0) is 58.5 Å². The van der Waals surface area contributed by atoms with Crippen molar-refractivity contribution >= 4 is 0 Å². The van der Waals surface area contributed by atoms with Crippen molar-refractivity contribution in [2.45, 2.75) is 51.7 Å². The van der Waals surface area contributed by atoms with Crippen LogP contribution >= 0.6 is 0 Å². The molecule has 0 aromatic heterocycles. The summed E-state index contributed by atoms with van der Waals surface area (Å²) in [6.07, 6.45) is 5.75. The molecule has 0 spiro atoms. The maximum Gasteiger partial charge on any atom is 0.0702 e. The SMILES string of the molecule is CCOC1CCCN(CC2CCNC(C)C2)C1. The number of rotatable bonds is 4. The first-order chi connectivity index (χ1) is 8.28. The highest BCUT2D eigenvalue weighted by molar-refractivity contribution is 4.80. The van der Waals surface area contributed by atoms with Crippen LogP contribution in [0.15, 0.2) is 0 Å². The van der Waals surface area contributed by atoms with Gasteiger partial charge in [0.1, 0.15) is 0 Å². The second kappa shape index (κ2) is 6.72. The number of nitrogens with one attached hydrogen (secondary N) is 1. The molecule has 2 heterocycles. The first-order valence-electron chi connectivity index (χ1n) is 7.35. The van der Waals surface area contributed by atoms with Crippen molar-refractivity contribution in [1.82, 2.24) is 10.2 Å². The highest BCUT2D eigenvalue weighted by Gasteiger charge is 2.24. The van der Waals surface area contributed by atoms with Gasteiger partial charge in [-0.3, -0.25) is 0 Å². The maximum absolute atomic E-state index is 5.77. The van der Waals surface area contributed by atoms with E-state index in [1.54, 1.807) is 0 Å². The lowest BCUT2D eigenvalue weighted by Gasteiger charge is -2.37. The van der Waals surface area contributed by atoms with Crippen molar-refractivity contribution < 1.29 is 4.74 Å². The first-order valence-corrected chi connectivity index (χ1v) is 7.35. The van der Waals surface area contributed by atoms with E-state index in [-0.39, 0.29) is 0 Å². The molecule has 2 rings (SSSR count). The van der Waals surface area contributed by atoms with Gasteiger partial charge in [0.2, 0.25) is 0 Å². The third-order valence-corrected chi connectivity index (χ3v) is 4.11. The van der Waals surface area contributed by atoms with E-state index in [4.69, 9.17) is 4.74 Å². The van der Waals surface area contributed by atoms with Gasteiger partial charge < -0.3 is 15.0 Å². The molecular formula is C14H28N2O. The number of ether oxygens (including phenoxy) is 1. The Bertz CT molecular complexity index is 220. The van der Waals surface area contributed by atoms with Crippen LogP contribution in [0.4, 0.5) is 0 Å². The third-order valence-electron chi connectivity index (χ3n) is 4.11. The van der Waals surface area contributed by atoms with Crippen LogP contribution in [0.3, 0.4) is 0 Å². The molecule has 0 bridgehead atoms. The smallest absolute Gasteiger partial charge is 0.0702 e. The lowest BCUT2D eigenvalue weighted by Crippen LogP contribution is -2.45. The molecule has 3 heteroatoms. The molecule has 2 fully saturated rings. The minimum Gasteiger partial charge on any atom is -0.377 e. The molecule has 0 saturated carbocycles. The normalized spacial score (nSPS) is 36.0. The van der Waals surface area contributed by atoms with Crippen LogP contribution in [0.2, 0.25) is 0 Å². The van der Waals surface area contributed by atoms with Gasteiger partial charge in [0.15, 0.2) is 0 Å². The summed E-state index contributed by atoms with van der Waals surface area (Å²) in [7, 11) is 0. The Kier molecular flexibility index (Phi) is 5.26. The zero-order valence-corrected chi connectivity index (χ0v) is 11.5. The van der Waals surface area contributed by atoms with Crippen molar-refractivity contribution in [3.8, 4) is 0 Å². The zero-order chi connectivity index (χ0) is 12.1. The number of hydrogen-bond acceptors (Lipinski definition) is 3. The number of piperidine rings is 2. The second-order valence-electron chi connectivity index (χ2n) is 5.72. The fraction of sp³-hybridized carbons (Fsp3) is 1.00. The predicted octanol–water partition coefficient (Wildman–Crippen LogP) is 1.88. The highest BCUT2D eigenvalue weighted by Crippen LogP contribution is 2.20. The summed E-state index contributed by atoms with van der Waals surface area (Å²) >= 11 is 0. The Morgan fingerprint density at radius 2 is 2.24 bits per heavy atom. The predicted molar refractivity (Wildman–Crippen MR) is 71.3 cm³/mol. The van der Waals surface area contributed by atoms with Crippen molar-refractivity contribution in [3.05, 3.63) is 0 Å². The molecule has 3 nitrogen and oxygen atoms in total. The molecule has 2 saturated heterocycles. The van der Waals surface area contributed by atoms with Crippen LogP contribution in [-0.2, 0) is 4.74 Å². The summed E-state index contributed by atoms with van der Waals surface area (Å²) < 4.78 is 5.77. The van der Waals surface area contributed by atoms with Crippen LogP contribution < -0.4 is 5.32 Å². The minimum atomic E-state index is 0.493. The Balaban J connectivity index is 1.74. The van der Waals surface area contributed by atoms with Gasteiger partial charge >= 0.3 is 0 Å². The standard InChI is InChI=1S/C14H28N2O/c1-3-17-14-5-4-8-16(11-14)10-13-6-7-15-12(2)9-13/h12-15H,3-11H2,1-2H3. The molecule has 0 amide bonds. The highest BCUT2D eigenvalue weighted by atomic mass is 16.5. The van der Waals surface area contributed by atoms with E-state index in [0.29, 0.717) is 12.1 Å². The number of hydrogen-bond donors (Lipinski definition) is 1. The summed E-state index contributed by atoms with van der Waals surface area (Å²) in [4.78, 5) is 2.63. The van der Waals surface area contributed by atoms with Crippen LogP contribution in [0.1, 0.15) is 39.5 Å². The summed E-state index contributed by atoms with van der Waals surface area (Å²) in [6, 6.07) is 0.709. The van der Waals surface area contributed by atoms with Gasteiger partial charge in [-0.25, -0.2) is 0 Å². The van der Waals surface area contributed by atoms with E-state index >= 15 is 0 Å². The molecule has 3 unspecified atom stereocenters. The molecule has 3 atom stereocenters. The molecule has 17 heavy (non-hydrogen) atoms. The van der Waals surface area contributed by atoms with Crippen LogP contribution in [0.25, 0.3) is 0 Å². The maximum atomic E-state index is 5.77. The van der Waals surface area contributed by atoms with Gasteiger partial charge in [-0.2, -0.15) is 0 Å². The van der Waals surface area contributed by atoms with E-state index in [1.165, 1.54) is 45.3 Å². The second-order valence-corrected chi connectivity index (χ2v) is 5.72. The molecular weight excluding hydrogens is 212 g/mol. The molecule has 2 aliphatic heterocycles. The molecule has 0 aromatic rings. The molecule has 1 N–H and O–H groups in total. The molecule has 100 valence electrons. The van der Waals surface area contributed by atoms with E-state index in [2.05, 4.69) is 24.1 Å². The molecule has 2 aliphatic rings. The summed E-state index contributed by atoms with van der Waals surface area (Å²) in [5, 5.41) is 3.54. The molecule has 0 aromatic carbocycles. The largest absolute Gasteiger partial charge is 0.377 e. The van der Waals surface area contributed by atoms with Crippen molar-refractivity contribution in [2.75, 3.05) is 32.8 Å². The lowest BCUT2D eigenvalue weighted by atomic mass is 9.92. The zero-order valence-electron chi connectivity index (χ0n) is 11.5. The van der Waals surface area contributed by atoms with Gasteiger partial charge in [-0.15, -0.1) is 0 Å². The third kappa shape index (κ3) is 4.23. The Hall–Kier alpha value is -0.120. The number of likely N-dealkylation sites (tertiary alicyclic amines) is 1. The lowest BCUT2D eigenvalue weighted by molar-refractivity contribution is 0.0000363.